The first-order valence-corrected chi connectivity index (χ1v) is 4.58. The smallest absolute Gasteiger partial charge is 0.291 e. The zero-order chi connectivity index (χ0) is 11.4. The van der Waals surface area contributed by atoms with Gasteiger partial charge in [0.05, 0.1) is 17.2 Å². The van der Waals surface area contributed by atoms with Crippen molar-refractivity contribution in [2.75, 3.05) is 0 Å². The fourth-order valence-corrected chi connectivity index (χ4v) is 1.19. The molecule has 1 aromatic carbocycles. The lowest BCUT2D eigenvalue weighted by molar-refractivity contribution is -0.385. The van der Waals surface area contributed by atoms with E-state index >= 15 is 0 Å². The SMILES string of the molecule is O=[N+]([O-])c1cncc(Oc2ccccc2)c1. The molecule has 1 aromatic heterocycles. The molecule has 0 aliphatic rings. The largest absolute Gasteiger partial charge is 0.455 e. The third kappa shape index (κ3) is 2.33. The van der Waals surface area contributed by atoms with Gasteiger partial charge in [-0.3, -0.25) is 15.1 Å². The van der Waals surface area contributed by atoms with Gasteiger partial charge in [0.2, 0.25) is 0 Å². The number of aromatic nitrogens is 1. The molecule has 2 aromatic rings. The van der Waals surface area contributed by atoms with E-state index in [-0.39, 0.29) is 5.69 Å². The highest BCUT2D eigenvalue weighted by Gasteiger charge is 2.07. The Hall–Kier alpha value is -2.43. The first kappa shape index (κ1) is 10.1. The standard InChI is InChI=1S/C11H8N2O3/c14-13(15)9-6-11(8-12-7-9)16-10-4-2-1-3-5-10/h1-8H. The van der Waals surface area contributed by atoms with Gasteiger partial charge in [0.1, 0.15) is 11.9 Å². The summed E-state index contributed by atoms with van der Waals surface area (Å²) in [6, 6.07) is 10.4. The molecule has 0 aliphatic carbocycles. The minimum atomic E-state index is -0.509. The zero-order valence-electron chi connectivity index (χ0n) is 8.24. The second kappa shape index (κ2) is 4.39. The van der Waals surface area contributed by atoms with Gasteiger partial charge in [0.15, 0.2) is 5.75 Å². The Labute approximate surface area is 91.5 Å². The van der Waals surface area contributed by atoms with Gasteiger partial charge in [-0.1, -0.05) is 18.2 Å². The maximum Gasteiger partial charge on any atom is 0.291 e. The quantitative estimate of drug-likeness (QED) is 0.584. The maximum atomic E-state index is 10.5. The Morgan fingerprint density at radius 2 is 1.88 bits per heavy atom. The third-order valence-corrected chi connectivity index (χ3v) is 1.89. The van der Waals surface area contributed by atoms with Crippen LogP contribution in [0.2, 0.25) is 0 Å². The van der Waals surface area contributed by atoms with Crippen LogP contribution in [0.15, 0.2) is 48.8 Å². The molecule has 0 unspecified atom stereocenters. The van der Waals surface area contributed by atoms with Gasteiger partial charge in [-0.2, -0.15) is 0 Å². The molecule has 5 nitrogen and oxygen atoms in total. The summed E-state index contributed by atoms with van der Waals surface area (Å²) in [7, 11) is 0. The topological polar surface area (TPSA) is 65.3 Å². The number of nitrogens with zero attached hydrogens (tertiary/aromatic N) is 2. The minimum absolute atomic E-state index is 0.0894. The summed E-state index contributed by atoms with van der Waals surface area (Å²) in [4.78, 5) is 13.7. The summed E-state index contributed by atoms with van der Waals surface area (Å²) in [6.07, 6.45) is 2.61. The average molecular weight is 216 g/mol. The Kier molecular flexibility index (Phi) is 2.77. The van der Waals surface area contributed by atoms with Crippen LogP contribution < -0.4 is 4.74 Å². The first-order valence-electron chi connectivity index (χ1n) is 4.58. The molecule has 0 aliphatic heterocycles. The van der Waals surface area contributed by atoms with Gasteiger partial charge < -0.3 is 4.74 Å². The number of hydrogen-bond acceptors (Lipinski definition) is 4. The van der Waals surface area contributed by atoms with Gasteiger partial charge in [0.25, 0.3) is 5.69 Å². The van der Waals surface area contributed by atoms with Gasteiger partial charge in [0, 0.05) is 0 Å². The predicted octanol–water partition coefficient (Wildman–Crippen LogP) is 2.78. The van der Waals surface area contributed by atoms with Crippen LogP contribution in [-0.2, 0) is 0 Å². The highest BCUT2D eigenvalue weighted by Crippen LogP contribution is 2.23. The van der Waals surface area contributed by atoms with Crippen molar-refractivity contribution < 1.29 is 9.66 Å². The number of benzene rings is 1. The highest BCUT2D eigenvalue weighted by atomic mass is 16.6. The lowest BCUT2D eigenvalue weighted by Crippen LogP contribution is -1.90. The van der Waals surface area contributed by atoms with Gasteiger partial charge in [-0.15, -0.1) is 0 Å². The van der Waals surface area contributed by atoms with Crippen molar-refractivity contribution in [3.8, 4) is 11.5 Å². The van der Waals surface area contributed by atoms with Crippen LogP contribution in [0.3, 0.4) is 0 Å². The van der Waals surface area contributed by atoms with E-state index in [0.29, 0.717) is 11.5 Å². The molecule has 0 spiro atoms. The molecule has 0 N–H and O–H groups in total. The maximum absolute atomic E-state index is 10.5. The summed E-state index contributed by atoms with van der Waals surface area (Å²) in [5.41, 5.74) is -0.0894. The van der Waals surface area contributed by atoms with Crippen LogP contribution in [0.25, 0.3) is 0 Å². The summed E-state index contributed by atoms with van der Waals surface area (Å²) < 4.78 is 5.40. The first-order chi connectivity index (χ1) is 7.75. The summed E-state index contributed by atoms with van der Waals surface area (Å²) in [6.45, 7) is 0. The van der Waals surface area contributed by atoms with Crippen molar-refractivity contribution in [1.82, 2.24) is 4.98 Å². The molecule has 16 heavy (non-hydrogen) atoms. The number of nitro groups is 1. The molecular formula is C11H8N2O3. The summed E-state index contributed by atoms with van der Waals surface area (Å²) in [5.74, 6) is 0.963. The monoisotopic (exact) mass is 216 g/mol. The second-order valence-electron chi connectivity index (χ2n) is 3.05. The molecule has 0 bridgehead atoms. The van der Waals surface area contributed by atoms with Crippen molar-refractivity contribution in [3.63, 3.8) is 0 Å². The molecule has 80 valence electrons. The van der Waals surface area contributed by atoms with Crippen molar-refractivity contribution in [2.24, 2.45) is 0 Å². The Bertz CT molecular complexity index is 500. The van der Waals surface area contributed by atoms with Crippen LogP contribution in [0.4, 0.5) is 5.69 Å². The molecule has 5 heteroatoms. The molecular weight excluding hydrogens is 208 g/mol. The zero-order valence-corrected chi connectivity index (χ0v) is 8.24. The average Bonchev–Trinajstić information content (AvgIpc) is 2.30. The predicted molar refractivity (Wildman–Crippen MR) is 57.4 cm³/mol. The van der Waals surface area contributed by atoms with Crippen LogP contribution in [0, 0.1) is 10.1 Å². The van der Waals surface area contributed by atoms with E-state index in [1.54, 1.807) is 12.1 Å². The molecule has 0 atom stereocenters. The summed E-state index contributed by atoms with van der Waals surface area (Å²) in [5, 5.41) is 10.5. The molecule has 0 amide bonds. The molecule has 0 saturated heterocycles. The lowest BCUT2D eigenvalue weighted by atomic mass is 10.3. The van der Waals surface area contributed by atoms with E-state index in [9.17, 15) is 10.1 Å². The third-order valence-electron chi connectivity index (χ3n) is 1.89. The fourth-order valence-electron chi connectivity index (χ4n) is 1.19. The number of para-hydroxylation sites is 1. The second-order valence-corrected chi connectivity index (χ2v) is 3.05. The number of hydrogen-bond donors (Lipinski definition) is 0. The van der Waals surface area contributed by atoms with E-state index < -0.39 is 4.92 Å². The van der Waals surface area contributed by atoms with Crippen LogP contribution in [0.5, 0.6) is 11.5 Å². The van der Waals surface area contributed by atoms with E-state index in [4.69, 9.17) is 4.74 Å². The van der Waals surface area contributed by atoms with E-state index in [1.807, 2.05) is 18.2 Å². The number of pyridine rings is 1. The van der Waals surface area contributed by atoms with Crippen LogP contribution >= 0.6 is 0 Å². The van der Waals surface area contributed by atoms with Crippen molar-refractivity contribution in [1.29, 1.82) is 0 Å². The van der Waals surface area contributed by atoms with Crippen molar-refractivity contribution >= 4 is 5.69 Å². The molecule has 0 radical (unpaired) electrons. The molecule has 0 fully saturated rings. The Morgan fingerprint density at radius 3 is 2.56 bits per heavy atom. The van der Waals surface area contributed by atoms with E-state index in [1.165, 1.54) is 18.5 Å². The molecule has 0 saturated carbocycles. The van der Waals surface area contributed by atoms with Gasteiger partial charge >= 0.3 is 0 Å². The normalized spacial score (nSPS) is 9.75. The highest BCUT2D eigenvalue weighted by molar-refractivity contribution is 5.36. The minimum Gasteiger partial charge on any atom is -0.455 e. The Balaban J connectivity index is 2.22. The lowest BCUT2D eigenvalue weighted by Gasteiger charge is -2.03. The number of ether oxygens (including phenoxy) is 1. The van der Waals surface area contributed by atoms with Crippen molar-refractivity contribution in [2.45, 2.75) is 0 Å². The van der Waals surface area contributed by atoms with Crippen LogP contribution in [-0.4, -0.2) is 9.91 Å². The van der Waals surface area contributed by atoms with Crippen LogP contribution in [0.1, 0.15) is 0 Å². The van der Waals surface area contributed by atoms with Gasteiger partial charge in [-0.05, 0) is 12.1 Å². The fraction of sp³-hybridized carbons (Fsp3) is 0. The Morgan fingerprint density at radius 1 is 1.12 bits per heavy atom. The van der Waals surface area contributed by atoms with E-state index in [0.717, 1.165) is 0 Å². The van der Waals surface area contributed by atoms with Crippen molar-refractivity contribution in [3.05, 3.63) is 58.9 Å². The molecule has 2 rings (SSSR count). The van der Waals surface area contributed by atoms with Gasteiger partial charge in [-0.25, -0.2) is 0 Å². The summed E-state index contributed by atoms with van der Waals surface area (Å²) >= 11 is 0. The number of rotatable bonds is 3. The molecule has 1 heterocycles. The van der Waals surface area contributed by atoms with E-state index in [2.05, 4.69) is 4.98 Å².